The lowest BCUT2D eigenvalue weighted by atomic mass is 9.97. The Kier molecular flexibility index (Phi) is 6.26. The molecule has 0 aliphatic rings. The largest absolute Gasteiger partial charge is 0.344 e. The SMILES string of the molecule is Cn1c2ccc(-c3ccc(Cc4ccccc4)cc3)cc2c2cc(-c3cccc(Cc4ccccc4)c3)ccc21. The summed E-state index contributed by atoms with van der Waals surface area (Å²) in [4.78, 5) is 0. The third-order valence-corrected chi connectivity index (χ3v) is 8.06. The maximum absolute atomic E-state index is 2.37. The molecule has 1 aromatic heterocycles. The van der Waals surface area contributed by atoms with Gasteiger partial charge < -0.3 is 4.57 Å². The Hall–Kier alpha value is -4.88. The van der Waals surface area contributed by atoms with Gasteiger partial charge in [-0.3, -0.25) is 0 Å². The van der Waals surface area contributed by atoms with Crippen LogP contribution in [0.5, 0.6) is 0 Å². The summed E-state index contributed by atoms with van der Waals surface area (Å²) >= 11 is 0. The highest BCUT2D eigenvalue weighted by Gasteiger charge is 2.12. The van der Waals surface area contributed by atoms with Crippen LogP contribution in [0.4, 0.5) is 0 Å². The van der Waals surface area contributed by atoms with Gasteiger partial charge in [-0.2, -0.15) is 0 Å². The minimum Gasteiger partial charge on any atom is -0.344 e. The monoisotopic (exact) mass is 513 g/mol. The molecular formula is C39H31N. The molecule has 6 aromatic carbocycles. The smallest absolute Gasteiger partial charge is 0.0489 e. The maximum Gasteiger partial charge on any atom is 0.0489 e. The van der Waals surface area contributed by atoms with Crippen LogP contribution in [0.15, 0.2) is 146 Å². The van der Waals surface area contributed by atoms with E-state index in [9.17, 15) is 0 Å². The quantitative estimate of drug-likeness (QED) is 0.208. The molecule has 0 fully saturated rings. The first-order valence-electron chi connectivity index (χ1n) is 14.0. The van der Waals surface area contributed by atoms with Crippen molar-refractivity contribution in [2.75, 3.05) is 0 Å². The van der Waals surface area contributed by atoms with E-state index in [4.69, 9.17) is 0 Å². The van der Waals surface area contributed by atoms with Gasteiger partial charge >= 0.3 is 0 Å². The molecule has 192 valence electrons. The average molecular weight is 514 g/mol. The van der Waals surface area contributed by atoms with Crippen LogP contribution in [0.2, 0.25) is 0 Å². The Balaban J connectivity index is 1.23. The topological polar surface area (TPSA) is 4.93 Å². The number of hydrogen-bond acceptors (Lipinski definition) is 0. The predicted molar refractivity (Wildman–Crippen MR) is 170 cm³/mol. The third-order valence-electron chi connectivity index (χ3n) is 8.06. The molecule has 1 heteroatoms. The predicted octanol–water partition coefficient (Wildman–Crippen LogP) is 9.85. The Morgan fingerprint density at radius 1 is 0.375 bits per heavy atom. The number of nitrogens with zero attached hydrogens (tertiary/aromatic N) is 1. The fourth-order valence-corrected chi connectivity index (χ4v) is 5.92. The molecule has 0 aliphatic heterocycles. The van der Waals surface area contributed by atoms with Crippen LogP contribution in [0.3, 0.4) is 0 Å². The number of rotatable bonds is 6. The van der Waals surface area contributed by atoms with E-state index in [0.717, 1.165) is 12.8 Å². The lowest BCUT2D eigenvalue weighted by molar-refractivity contribution is 1.01. The molecule has 0 bridgehead atoms. The van der Waals surface area contributed by atoms with Crippen LogP contribution in [-0.4, -0.2) is 4.57 Å². The number of benzene rings is 6. The van der Waals surface area contributed by atoms with E-state index in [1.54, 1.807) is 0 Å². The third kappa shape index (κ3) is 4.72. The second-order valence-corrected chi connectivity index (χ2v) is 10.7. The van der Waals surface area contributed by atoms with E-state index in [0.29, 0.717) is 0 Å². The molecule has 0 N–H and O–H groups in total. The van der Waals surface area contributed by atoms with Crippen molar-refractivity contribution in [3.8, 4) is 22.3 Å². The van der Waals surface area contributed by atoms with Crippen LogP contribution >= 0.6 is 0 Å². The highest BCUT2D eigenvalue weighted by Crippen LogP contribution is 2.35. The van der Waals surface area contributed by atoms with Crippen LogP contribution in [-0.2, 0) is 19.9 Å². The van der Waals surface area contributed by atoms with Crippen LogP contribution < -0.4 is 0 Å². The maximum atomic E-state index is 2.37. The molecular weight excluding hydrogens is 482 g/mol. The van der Waals surface area contributed by atoms with Gasteiger partial charge in [-0.05, 0) is 81.6 Å². The first kappa shape index (κ1) is 24.2. The molecule has 0 aliphatic carbocycles. The van der Waals surface area contributed by atoms with Crippen LogP contribution in [0.25, 0.3) is 44.1 Å². The van der Waals surface area contributed by atoms with Gasteiger partial charge in [0.25, 0.3) is 0 Å². The fraction of sp³-hybridized carbons (Fsp3) is 0.0769. The summed E-state index contributed by atoms with van der Waals surface area (Å²) in [7, 11) is 2.17. The van der Waals surface area contributed by atoms with Gasteiger partial charge in [0.05, 0.1) is 0 Å². The number of hydrogen-bond donors (Lipinski definition) is 0. The lowest BCUT2D eigenvalue weighted by Crippen LogP contribution is -1.89. The summed E-state index contributed by atoms with van der Waals surface area (Å²) in [6.45, 7) is 0. The van der Waals surface area contributed by atoms with Crippen molar-refractivity contribution >= 4 is 21.8 Å². The summed E-state index contributed by atoms with van der Waals surface area (Å²) < 4.78 is 2.31. The Morgan fingerprint density at radius 2 is 0.825 bits per heavy atom. The van der Waals surface area contributed by atoms with E-state index in [-0.39, 0.29) is 0 Å². The van der Waals surface area contributed by atoms with Gasteiger partial charge in [-0.25, -0.2) is 0 Å². The van der Waals surface area contributed by atoms with Gasteiger partial charge in [-0.15, -0.1) is 0 Å². The normalized spacial score (nSPS) is 11.3. The summed E-state index contributed by atoms with van der Waals surface area (Å²) in [6.07, 6.45) is 1.90. The highest BCUT2D eigenvalue weighted by molar-refractivity contribution is 6.10. The van der Waals surface area contributed by atoms with Crippen LogP contribution in [0, 0.1) is 0 Å². The lowest BCUT2D eigenvalue weighted by Gasteiger charge is -2.07. The first-order chi connectivity index (χ1) is 19.7. The molecule has 0 unspecified atom stereocenters. The van der Waals surface area contributed by atoms with E-state index < -0.39 is 0 Å². The molecule has 1 heterocycles. The van der Waals surface area contributed by atoms with Gasteiger partial charge in [0.2, 0.25) is 0 Å². The molecule has 7 aromatic rings. The minimum atomic E-state index is 0.943. The summed E-state index contributed by atoms with van der Waals surface area (Å²) in [6, 6.07) is 53.1. The molecule has 7 rings (SSSR count). The minimum absolute atomic E-state index is 0.943. The number of aryl methyl sites for hydroxylation is 1. The molecule has 40 heavy (non-hydrogen) atoms. The molecule has 0 atom stereocenters. The zero-order valence-electron chi connectivity index (χ0n) is 22.7. The van der Waals surface area contributed by atoms with Gasteiger partial charge in [0, 0.05) is 28.9 Å². The average Bonchev–Trinajstić information content (AvgIpc) is 3.29. The molecule has 0 saturated heterocycles. The molecule has 1 nitrogen and oxygen atoms in total. The standard InChI is InChI=1S/C39H31N/c1-40-38-21-19-34(32-17-15-30(16-18-32)23-28-9-4-2-5-10-28)26-36(38)37-27-35(20-22-39(37)40)33-14-8-13-31(25-33)24-29-11-6-3-7-12-29/h2-22,25-27H,23-24H2,1H3. The van der Waals surface area contributed by atoms with E-state index >= 15 is 0 Å². The number of aromatic nitrogens is 1. The molecule has 0 amide bonds. The first-order valence-corrected chi connectivity index (χ1v) is 14.0. The van der Waals surface area contributed by atoms with Gasteiger partial charge in [0.15, 0.2) is 0 Å². The summed E-state index contributed by atoms with van der Waals surface area (Å²) in [5, 5.41) is 2.59. The van der Waals surface area contributed by atoms with Crippen molar-refractivity contribution in [2.45, 2.75) is 12.8 Å². The van der Waals surface area contributed by atoms with Crippen molar-refractivity contribution in [1.82, 2.24) is 4.57 Å². The van der Waals surface area contributed by atoms with Crippen LogP contribution in [0.1, 0.15) is 22.3 Å². The van der Waals surface area contributed by atoms with Crippen molar-refractivity contribution < 1.29 is 0 Å². The summed E-state index contributed by atoms with van der Waals surface area (Å²) in [5.74, 6) is 0. The molecule has 0 spiro atoms. The van der Waals surface area contributed by atoms with E-state index in [2.05, 4.69) is 157 Å². The Morgan fingerprint density at radius 3 is 1.43 bits per heavy atom. The second-order valence-electron chi connectivity index (χ2n) is 10.7. The van der Waals surface area contributed by atoms with Gasteiger partial charge in [-0.1, -0.05) is 121 Å². The highest BCUT2D eigenvalue weighted by atomic mass is 14.9. The second kappa shape index (κ2) is 10.4. The summed E-state index contributed by atoms with van der Waals surface area (Å²) in [5.41, 5.74) is 12.9. The van der Waals surface area contributed by atoms with Gasteiger partial charge in [0.1, 0.15) is 0 Å². The van der Waals surface area contributed by atoms with E-state index in [1.807, 2.05) is 0 Å². The van der Waals surface area contributed by atoms with E-state index in [1.165, 1.54) is 66.3 Å². The number of fused-ring (bicyclic) bond motifs is 3. The van der Waals surface area contributed by atoms with Crippen molar-refractivity contribution in [2.24, 2.45) is 7.05 Å². The van der Waals surface area contributed by atoms with Crippen molar-refractivity contribution in [1.29, 1.82) is 0 Å². The zero-order chi connectivity index (χ0) is 26.9. The fourth-order valence-electron chi connectivity index (χ4n) is 5.92. The zero-order valence-corrected chi connectivity index (χ0v) is 22.7. The molecule has 0 radical (unpaired) electrons. The van der Waals surface area contributed by atoms with Crippen molar-refractivity contribution in [3.05, 3.63) is 168 Å². The Bertz CT molecular complexity index is 1930. The molecule has 0 saturated carbocycles. The van der Waals surface area contributed by atoms with Crippen molar-refractivity contribution in [3.63, 3.8) is 0 Å². The Labute approximate surface area is 236 Å².